The maximum Gasteiger partial charge on any atom is 0.339 e. The van der Waals surface area contributed by atoms with Crippen molar-refractivity contribution < 1.29 is 20.5 Å². The third kappa shape index (κ3) is 6.65. The smallest absolute Gasteiger partial charge is 0.339 e. The molecule has 136 valence electrons. The van der Waals surface area contributed by atoms with Gasteiger partial charge in [0.2, 0.25) is 0 Å². The fraction of sp³-hybridized carbons (Fsp3) is 0.476. The number of carbonyl (C=O) groups excluding carboxylic acids is 3. The van der Waals surface area contributed by atoms with E-state index < -0.39 is 12.1 Å². The molecular formula is C21H28O4. The minimum absolute atomic E-state index is 0.0454. The van der Waals surface area contributed by atoms with E-state index in [1.165, 1.54) is 0 Å². The highest BCUT2D eigenvalue weighted by Gasteiger charge is 2.21. The first kappa shape index (κ1) is 19.1. The molecule has 0 N–H and O–H groups in total. The number of ether oxygens (including phenoxy) is 1. The SMILES string of the molecule is [3H]C(C)=CC(CC)OC(=O)c1ccccc1C(=O)CC(C)CC(C)C=O. The van der Waals surface area contributed by atoms with Gasteiger partial charge in [0.25, 0.3) is 0 Å². The topological polar surface area (TPSA) is 60.4 Å². The first-order chi connectivity index (χ1) is 12.3. The van der Waals surface area contributed by atoms with Crippen LogP contribution >= 0.6 is 0 Å². The summed E-state index contributed by atoms with van der Waals surface area (Å²) in [5.41, 5.74) is 0.576. The predicted octanol–water partition coefficient (Wildman–Crippen LogP) is 4.63. The molecule has 1 rings (SSSR count). The molecule has 0 saturated carbocycles. The van der Waals surface area contributed by atoms with Crippen LogP contribution in [0.3, 0.4) is 0 Å². The number of aldehydes is 1. The zero-order valence-corrected chi connectivity index (χ0v) is 15.5. The monoisotopic (exact) mass is 346 g/mol. The standard InChI is InChI=1S/C21H28O4/c1-5-9-17(6-2)25-21(24)19-11-8-7-10-18(19)20(23)13-15(3)12-16(4)14-22/h5,7-11,14-17H,6,12-13H2,1-4H3/i5T. The molecule has 0 aliphatic carbocycles. The summed E-state index contributed by atoms with van der Waals surface area (Å²) < 4.78 is 13.0. The lowest BCUT2D eigenvalue weighted by atomic mass is 9.90. The van der Waals surface area contributed by atoms with E-state index >= 15 is 0 Å². The van der Waals surface area contributed by atoms with Crippen molar-refractivity contribution in [2.45, 2.75) is 53.1 Å². The van der Waals surface area contributed by atoms with E-state index in [4.69, 9.17) is 6.11 Å². The highest BCUT2D eigenvalue weighted by molar-refractivity contribution is 6.06. The zero-order chi connectivity index (χ0) is 19.7. The molecule has 1 aromatic rings. The zero-order valence-electron chi connectivity index (χ0n) is 16.5. The lowest BCUT2D eigenvalue weighted by Gasteiger charge is -2.16. The number of rotatable bonds is 10. The van der Waals surface area contributed by atoms with Crippen molar-refractivity contribution in [1.29, 1.82) is 0 Å². The van der Waals surface area contributed by atoms with Gasteiger partial charge in [0.15, 0.2) is 5.78 Å². The molecule has 0 radical (unpaired) electrons. The molecule has 0 aromatic heterocycles. The maximum absolute atomic E-state index is 12.6. The molecule has 3 unspecified atom stereocenters. The second-order valence-corrected chi connectivity index (χ2v) is 6.43. The van der Waals surface area contributed by atoms with E-state index in [-0.39, 0.29) is 29.6 Å². The van der Waals surface area contributed by atoms with Gasteiger partial charge in [0.05, 0.1) is 6.93 Å². The summed E-state index contributed by atoms with van der Waals surface area (Å²) in [7, 11) is 0. The molecule has 1 aromatic carbocycles. The number of carbonyl (C=O) groups is 3. The van der Waals surface area contributed by atoms with Crippen molar-refractivity contribution in [3.8, 4) is 0 Å². The molecule has 4 nitrogen and oxygen atoms in total. The van der Waals surface area contributed by atoms with Gasteiger partial charge in [-0.2, -0.15) is 0 Å². The van der Waals surface area contributed by atoms with Crippen molar-refractivity contribution in [3.05, 3.63) is 47.5 Å². The first-order valence-corrected chi connectivity index (χ1v) is 8.71. The molecule has 0 heterocycles. The lowest BCUT2D eigenvalue weighted by molar-refractivity contribution is -0.111. The molecule has 0 amide bonds. The Morgan fingerprint density at radius 1 is 1.24 bits per heavy atom. The van der Waals surface area contributed by atoms with E-state index in [1.54, 1.807) is 37.3 Å². The second-order valence-electron chi connectivity index (χ2n) is 6.43. The van der Waals surface area contributed by atoms with E-state index in [2.05, 4.69) is 0 Å². The van der Waals surface area contributed by atoms with Gasteiger partial charge in [0.1, 0.15) is 12.4 Å². The average Bonchev–Trinajstić information content (AvgIpc) is 2.60. The van der Waals surface area contributed by atoms with Gasteiger partial charge in [-0.1, -0.05) is 45.0 Å². The largest absolute Gasteiger partial charge is 0.455 e. The van der Waals surface area contributed by atoms with E-state index in [9.17, 15) is 14.4 Å². The van der Waals surface area contributed by atoms with Gasteiger partial charge >= 0.3 is 5.97 Å². The van der Waals surface area contributed by atoms with Crippen molar-refractivity contribution in [2.75, 3.05) is 0 Å². The third-order valence-corrected chi connectivity index (χ3v) is 4.00. The average molecular weight is 346 g/mol. The molecule has 4 heteroatoms. The predicted molar refractivity (Wildman–Crippen MR) is 98.7 cm³/mol. The molecule has 25 heavy (non-hydrogen) atoms. The van der Waals surface area contributed by atoms with Crippen LogP contribution in [0.25, 0.3) is 0 Å². The fourth-order valence-corrected chi connectivity index (χ4v) is 2.73. The van der Waals surface area contributed by atoms with Crippen LogP contribution < -0.4 is 0 Å². The Labute approximate surface area is 151 Å². The Kier molecular flexibility index (Phi) is 8.10. The van der Waals surface area contributed by atoms with Crippen LogP contribution in [-0.2, 0) is 9.53 Å². The van der Waals surface area contributed by atoms with Gasteiger partial charge in [-0.25, -0.2) is 4.79 Å². The second kappa shape index (κ2) is 10.6. The highest BCUT2D eigenvalue weighted by Crippen LogP contribution is 2.20. The Morgan fingerprint density at radius 2 is 1.88 bits per heavy atom. The number of ketones is 1. The van der Waals surface area contributed by atoms with Crippen LogP contribution in [0, 0.1) is 11.8 Å². The molecular weight excluding hydrogens is 316 g/mol. The van der Waals surface area contributed by atoms with Crippen LogP contribution in [0.2, 0.25) is 0 Å². The molecule has 0 fully saturated rings. The van der Waals surface area contributed by atoms with E-state index in [0.717, 1.165) is 6.29 Å². The quantitative estimate of drug-likeness (QED) is 0.268. The summed E-state index contributed by atoms with van der Waals surface area (Å²) in [6.07, 6.45) is 3.43. The number of esters is 1. The molecule has 0 aliphatic rings. The van der Waals surface area contributed by atoms with Gasteiger partial charge in [0, 0.05) is 17.9 Å². The first-order valence-electron chi connectivity index (χ1n) is 9.21. The number of allylic oxidation sites excluding steroid dienone is 1. The molecule has 0 aliphatic heterocycles. The van der Waals surface area contributed by atoms with E-state index in [1.807, 2.05) is 20.8 Å². The summed E-state index contributed by atoms with van der Waals surface area (Å²) in [5.74, 6) is -0.747. The summed E-state index contributed by atoms with van der Waals surface area (Å²) >= 11 is 0. The molecule has 0 saturated heterocycles. The van der Waals surface area contributed by atoms with Crippen LogP contribution in [0.15, 0.2) is 36.4 Å². The van der Waals surface area contributed by atoms with Gasteiger partial charge in [-0.15, -0.1) is 0 Å². The van der Waals surface area contributed by atoms with E-state index in [0.29, 0.717) is 24.5 Å². The van der Waals surface area contributed by atoms with Gasteiger partial charge in [-0.05, 0) is 37.8 Å². The van der Waals surface area contributed by atoms with Crippen LogP contribution in [0.1, 0.15) is 69.0 Å². The molecule has 3 atom stereocenters. The van der Waals surface area contributed by atoms with Crippen molar-refractivity contribution in [3.63, 3.8) is 0 Å². The van der Waals surface area contributed by atoms with Gasteiger partial charge < -0.3 is 9.53 Å². The Hall–Kier alpha value is -2.23. The van der Waals surface area contributed by atoms with Gasteiger partial charge in [-0.3, -0.25) is 4.79 Å². The van der Waals surface area contributed by atoms with Crippen LogP contribution in [0.4, 0.5) is 0 Å². The summed E-state index contributed by atoms with van der Waals surface area (Å²) in [4.78, 5) is 35.9. The van der Waals surface area contributed by atoms with Crippen LogP contribution in [-0.4, -0.2) is 24.1 Å². The normalized spacial score (nSPS) is 15.7. The summed E-state index contributed by atoms with van der Waals surface area (Å²) in [6, 6.07) is 6.94. The minimum Gasteiger partial charge on any atom is -0.455 e. The fourth-order valence-electron chi connectivity index (χ4n) is 2.73. The lowest BCUT2D eigenvalue weighted by Crippen LogP contribution is -2.19. The number of benzene rings is 1. The number of hydrogen-bond donors (Lipinski definition) is 0. The van der Waals surface area contributed by atoms with Crippen molar-refractivity contribution in [2.24, 2.45) is 11.8 Å². The molecule has 0 bridgehead atoms. The minimum atomic E-state index is -0.563. The Balaban J connectivity index is 2.92. The molecule has 0 spiro atoms. The summed E-state index contributed by atoms with van der Waals surface area (Å²) in [5, 5.41) is 0. The Morgan fingerprint density at radius 3 is 2.44 bits per heavy atom. The number of Topliss-reactive ketones (excluding diaryl/α,β-unsaturated/α-hetero) is 1. The van der Waals surface area contributed by atoms with Crippen LogP contribution in [0.5, 0.6) is 0 Å². The maximum atomic E-state index is 12.6. The van der Waals surface area contributed by atoms with Crippen molar-refractivity contribution >= 4 is 18.0 Å². The third-order valence-electron chi connectivity index (χ3n) is 4.00. The highest BCUT2D eigenvalue weighted by atomic mass is 16.5. The summed E-state index contributed by atoms with van der Waals surface area (Å²) in [6.45, 7) is 7.24. The Bertz CT molecular complexity index is 662. The number of hydrogen-bond acceptors (Lipinski definition) is 4. The van der Waals surface area contributed by atoms with Crippen molar-refractivity contribution in [1.82, 2.24) is 0 Å².